The Morgan fingerprint density at radius 1 is 1.37 bits per heavy atom. The van der Waals surface area contributed by atoms with Gasteiger partial charge in [0.15, 0.2) is 0 Å². The van der Waals surface area contributed by atoms with E-state index >= 15 is 0 Å². The van der Waals surface area contributed by atoms with Crippen LogP contribution in [0, 0.1) is 5.92 Å². The number of carbonyl (C=O) groups excluding carboxylic acids is 1. The van der Waals surface area contributed by atoms with Crippen molar-refractivity contribution in [2.24, 2.45) is 5.92 Å². The van der Waals surface area contributed by atoms with Crippen LogP contribution in [-0.2, 0) is 16.6 Å². The summed E-state index contributed by atoms with van der Waals surface area (Å²) < 4.78 is 27.6. The summed E-state index contributed by atoms with van der Waals surface area (Å²) >= 11 is 7.78. The van der Waals surface area contributed by atoms with Gasteiger partial charge in [-0.25, -0.2) is 8.42 Å². The highest BCUT2D eigenvalue weighted by Gasteiger charge is 2.31. The van der Waals surface area contributed by atoms with Crippen LogP contribution in [0.4, 0.5) is 0 Å². The van der Waals surface area contributed by atoms with Crippen molar-refractivity contribution in [1.29, 1.82) is 0 Å². The molecule has 0 N–H and O–H groups in total. The molecule has 1 aliphatic heterocycles. The lowest BCUT2D eigenvalue weighted by molar-refractivity contribution is 0.0786. The molecular weight excluding hydrogens is 404 g/mol. The van der Waals surface area contributed by atoms with E-state index in [9.17, 15) is 13.2 Å². The molecule has 0 spiro atoms. The third-order valence-corrected chi connectivity index (χ3v) is 7.94. The average Bonchev–Trinajstić information content (AvgIpc) is 3.14. The molecular formula is C19H23ClN2O3S2. The van der Waals surface area contributed by atoms with Crippen LogP contribution in [0.2, 0.25) is 5.02 Å². The van der Waals surface area contributed by atoms with Crippen molar-refractivity contribution >= 4 is 38.9 Å². The summed E-state index contributed by atoms with van der Waals surface area (Å²) in [4.78, 5) is 15.4. The van der Waals surface area contributed by atoms with Crippen LogP contribution in [0.25, 0.3) is 0 Å². The number of halogens is 1. The van der Waals surface area contributed by atoms with Gasteiger partial charge in [-0.1, -0.05) is 24.6 Å². The Bertz CT molecular complexity index is 913. The fourth-order valence-electron chi connectivity index (χ4n) is 3.27. The van der Waals surface area contributed by atoms with Crippen LogP contribution >= 0.6 is 22.9 Å². The predicted octanol–water partition coefficient (Wildman–Crippen LogP) is 4.09. The zero-order valence-electron chi connectivity index (χ0n) is 15.4. The lowest BCUT2D eigenvalue weighted by Crippen LogP contribution is -2.39. The molecule has 0 aliphatic carbocycles. The van der Waals surface area contributed by atoms with Gasteiger partial charge >= 0.3 is 0 Å². The van der Waals surface area contributed by atoms with E-state index in [4.69, 9.17) is 11.6 Å². The van der Waals surface area contributed by atoms with Crippen LogP contribution in [-0.4, -0.2) is 43.7 Å². The SMILES string of the molecule is CC1CCCN(S(=O)(=O)c2cc(C(=O)N(C)Cc3cccs3)ccc2Cl)C1. The highest BCUT2D eigenvalue weighted by molar-refractivity contribution is 7.89. The van der Waals surface area contributed by atoms with Gasteiger partial charge in [0.25, 0.3) is 5.91 Å². The first-order valence-electron chi connectivity index (χ1n) is 8.86. The van der Waals surface area contributed by atoms with Crippen molar-refractivity contribution < 1.29 is 13.2 Å². The van der Waals surface area contributed by atoms with Crippen LogP contribution in [0.5, 0.6) is 0 Å². The molecule has 1 unspecified atom stereocenters. The summed E-state index contributed by atoms with van der Waals surface area (Å²) in [6, 6.07) is 8.38. The Balaban J connectivity index is 1.86. The molecule has 1 aromatic heterocycles. The van der Waals surface area contributed by atoms with Gasteiger partial charge in [0.2, 0.25) is 10.0 Å². The van der Waals surface area contributed by atoms with E-state index in [1.54, 1.807) is 29.4 Å². The monoisotopic (exact) mass is 426 g/mol. The zero-order chi connectivity index (χ0) is 19.6. The summed E-state index contributed by atoms with van der Waals surface area (Å²) in [7, 11) is -2.02. The first-order chi connectivity index (χ1) is 12.8. The van der Waals surface area contributed by atoms with Crippen LogP contribution in [0.3, 0.4) is 0 Å². The summed E-state index contributed by atoms with van der Waals surface area (Å²) in [5.74, 6) is 0.0811. The Kier molecular flexibility index (Phi) is 6.25. The van der Waals surface area contributed by atoms with Gasteiger partial charge < -0.3 is 4.90 Å². The summed E-state index contributed by atoms with van der Waals surface area (Å²) in [5, 5.41) is 2.10. The van der Waals surface area contributed by atoms with Gasteiger partial charge in [0.05, 0.1) is 11.6 Å². The van der Waals surface area contributed by atoms with Gasteiger partial charge in [0.1, 0.15) is 4.90 Å². The molecule has 1 aromatic carbocycles. The predicted molar refractivity (Wildman–Crippen MR) is 109 cm³/mol. The second kappa shape index (κ2) is 8.31. The van der Waals surface area contributed by atoms with E-state index in [1.165, 1.54) is 16.4 Å². The molecule has 1 atom stereocenters. The van der Waals surface area contributed by atoms with E-state index in [2.05, 4.69) is 0 Å². The van der Waals surface area contributed by atoms with Gasteiger partial charge in [-0.2, -0.15) is 4.31 Å². The van der Waals surface area contributed by atoms with Gasteiger partial charge in [-0.05, 0) is 48.4 Å². The van der Waals surface area contributed by atoms with E-state index in [0.717, 1.165) is 17.7 Å². The molecule has 1 amide bonds. The number of hydrogen-bond donors (Lipinski definition) is 0. The third kappa shape index (κ3) is 4.54. The lowest BCUT2D eigenvalue weighted by Gasteiger charge is -2.30. The molecule has 0 saturated carbocycles. The highest BCUT2D eigenvalue weighted by atomic mass is 35.5. The first-order valence-corrected chi connectivity index (χ1v) is 11.6. The largest absolute Gasteiger partial charge is 0.337 e. The fourth-order valence-corrected chi connectivity index (χ4v) is 6.12. The van der Waals surface area contributed by atoms with Gasteiger partial charge in [-0.3, -0.25) is 4.79 Å². The molecule has 2 heterocycles. The van der Waals surface area contributed by atoms with Crippen molar-refractivity contribution in [1.82, 2.24) is 9.21 Å². The molecule has 27 heavy (non-hydrogen) atoms. The minimum Gasteiger partial charge on any atom is -0.337 e. The number of piperidine rings is 1. The molecule has 2 aromatic rings. The number of amides is 1. The number of nitrogens with zero attached hydrogens (tertiary/aromatic N) is 2. The topological polar surface area (TPSA) is 57.7 Å². The molecule has 1 fully saturated rings. The van der Waals surface area contributed by atoms with Crippen molar-refractivity contribution in [3.63, 3.8) is 0 Å². The number of thiophene rings is 1. The zero-order valence-corrected chi connectivity index (χ0v) is 17.8. The number of sulfonamides is 1. The smallest absolute Gasteiger partial charge is 0.253 e. The number of rotatable bonds is 5. The average molecular weight is 427 g/mol. The first kappa shape index (κ1) is 20.3. The molecule has 0 bridgehead atoms. The Morgan fingerprint density at radius 2 is 2.15 bits per heavy atom. The fraction of sp³-hybridized carbons (Fsp3) is 0.421. The second-order valence-corrected chi connectivity index (χ2v) is 10.3. The maximum atomic E-state index is 13.1. The lowest BCUT2D eigenvalue weighted by atomic mass is 10.0. The summed E-state index contributed by atoms with van der Waals surface area (Å²) in [5.41, 5.74) is 0.321. The van der Waals surface area contributed by atoms with Gasteiger partial charge in [-0.15, -0.1) is 11.3 Å². The third-order valence-electron chi connectivity index (χ3n) is 4.74. The molecule has 5 nitrogen and oxygen atoms in total. The normalized spacial score (nSPS) is 18.4. The van der Waals surface area contributed by atoms with Crippen molar-refractivity contribution in [3.8, 4) is 0 Å². The molecule has 0 radical (unpaired) electrons. The number of benzene rings is 1. The molecule has 3 rings (SSSR count). The van der Waals surface area contributed by atoms with E-state index < -0.39 is 10.0 Å². The molecule has 8 heteroatoms. The Morgan fingerprint density at radius 3 is 2.81 bits per heavy atom. The van der Waals surface area contributed by atoms with Crippen LogP contribution in [0.15, 0.2) is 40.6 Å². The van der Waals surface area contributed by atoms with E-state index in [-0.39, 0.29) is 15.8 Å². The van der Waals surface area contributed by atoms with Crippen molar-refractivity contribution in [3.05, 3.63) is 51.2 Å². The minimum absolute atomic E-state index is 0.00800. The quantitative estimate of drug-likeness (QED) is 0.723. The summed E-state index contributed by atoms with van der Waals surface area (Å²) in [6.07, 6.45) is 1.85. The van der Waals surface area contributed by atoms with Crippen LogP contribution < -0.4 is 0 Å². The summed E-state index contributed by atoms with van der Waals surface area (Å²) in [6.45, 7) is 3.49. The van der Waals surface area contributed by atoms with Crippen LogP contribution in [0.1, 0.15) is 35.0 Å². The molecule has 1 aliphatic rings. The Labute approximate surface area is 169 Å². The minimum atomic E-state index is -3.72. The van der Waals surface area contributed by atoms with Crippen molar-refractivity contribution in [2.45, 2.75) is 31.2 Å². The standard InChI is InChI=1S/C19H23ClN2O3S2/c1-14-5-3-9-22(12-14)27(24,25)18-11-15(7-8-17(18)20)19(23)21(2)13-16-6-4-10-26-16/h4,6-8,10-11,14H,3,5,9,12-13H2,1-2H3. The highest BCUT2D eigenvalue weighted by Crippen LogP contribution is 2.29. The number of carbonyl (C=O) groups is 1. The van der Waals surface area contributed by atoms with E-state index in [0.29, 0.717) is 31.1 Å². The second-order valence-electron chi connectivity index (χ2n) is 7.00. The maximum absolute atomic E-state index is 13.1. The van der Waals surface area contributed by atoms with Gasteiger partial charge in [0, 0.05) is 30.6 Å². The maximum Gasteiger partial charge on any atom is 0.253 e. The molecule has 1 saturated heterocycles. The number of hydrogen-bond acceptors (Lipinski definition) is 4. The van der Waals surface area contributed by atoms with E-state index in [1.807, 2.05) is 24.4 Å². The Hall–Kier alpha value is -1.41. The van der Waals surface area contributed by atoms with Crippen molar-refractivity contribution in [2.75, 3.05) is 20.1 Å². The molecule has 146 valence electrons.